The molecule has 13 heteroatoms. The summed E-state index contributed by atoms with van der Waals surface area (Å²) in [5, 5.41) is 44.7. The van der Waals surface area contributed by atoms with Crippen LogP contribution in [0.3, 0.4) is 0 Å². The fourth-order valence-electron chi connectivity index (χ4n) is 6.79. The number of nitrogens with two attached hydrogens (primary N) is 1. The average Bonchev–Trinajstić information content (AvgIpc) is 2.84. The van der Waals surface area contributed by atoms with Crippen molar-refractivity contribution >= 4 is 17.5 Å². The molecular weight excluding hydrogens is 559 g/mol. The van der Waals surface area contributed by atoms with Gasteiger partial charge in [-0.15, -0.1) is 0 Å². The first kappa shape index (κ1) is 31.5. The van der Waals surface area contributed by atoms with Crippen LogP contribution in [-0.2, 0) is 28.7 Å². The third-order valence-electron chi connectivity index (χ3n) is 9.17. The number of benzene rings is 1. The van der Waals surface area contributed by atoms with E-state index in [9.17, 15) is 48.0 Å². The molecule has 0 unspecified atom stereocenters. The molecule has 4 rings (SSSR count). The predicted molar refractivity (Wildman–Crippen MR) is 144 cm³/mol. The van der Waals surface area contributed by atoms with Crippen LogP contribution in [0.2, 0.25) is 0 Å². The number of alkyl halides is 3. The summed E-state index contributed by atoms with van der Waals surface area (Å²) < 4.78 is 44.0. The maximum Gasteiger partial charge on any atom is 0.417 e. The number of phenols is 1. The number of Topliss-reactive ketones (excluding diaryl/α,β-unsaturated/α-hetero) is 2. The Kier molecular flexibility index (Phi) is 7.79. The molecule has 0 radical (unpaired) electrons. The second kappa shape index (κ2) is 10.4. The quantitative estimate of drug-likeness (QED) is 0.311. The summed E-state index contributed by atoms with van der Waals surface area (Å²) in [6.45, 7) is 5.55. The Hall–Kier alpha value is -3.42. The molecule has 6 N–H and O–H groups in total. The van der Waals surface area contributed by atoms with E-state index in [-0.39, 0.29) is 30.5 Å². The molecule has 1 aromatic carbocycles. The topological polar surface area (TPSA) is 165 Å². The monoisotopic (exact) mass is 595 g/mol. The lowest BCUT2D eigenvalue weighted by atomic mass is 9.58. The summed E-state index contributed by atoms with van der Waals surface area (Å²) in [7, 11) is 4.59. The lowest BCUT2D eigenvalue weighted by Crippen LogP contribution is -2.63. The van der Waals surface area contributed by atoms with Gasteiger partial charge in [0.2, 0.25) is 5.78 Å². The molecular formula is C29H36F3N3O7. The molecule has 0 bridgehead atoms. The van der Waals surface area contributed by atoms with E-state index in [2.05, 4.69) is 0 Å². The summed E-state index contributed by atoms with van der Waals surface area (Å²) in [5.74, 6) is -8.91. The van der Waals surface area contributed by atoms with Crippen LogP contribution in [0.15, 0.2) is 28.7 Å². The number of primary amides is 1. The number of aliphatic hydroxyl groups excluding tert-OH is 2. The molecule has 42 heavy (non-hydrogen) atoms. The van der Waals surface area contributed by atoms with Crippen molar-refractivity contribution in [3.8, 4) is 5.75 Å². The SMILES string of the molecule is CC(C)[C@H](C)N(C)Cc1cc(O)c2c(c1C(F)(F)F)C[C@H]1C[C@H]3[C@H](N(C)C)C(O)=C(C(N)=O)C(=O)[C@@]3(O)C(O)=C1C2=O. The Bertz CT molecular complexity index is 1430. The zero-order valence-corrected chi connectivity index (χ0v) is 24.2. The lowest BCUT2D eigenvalue weighted by molar-refractivity contribution is -0.148. The molecule has 0 heterocycles. The molecule has 0 aliphatic heterocycles. The fourth-order valence-corrected chi connectivity index (χ4v) is 6.79. The van der Waals surface area contributed by atoms with E-state index in [1.165, 1.54) is 19.0 Å². The van der Waals surface area contributed by atoms with E-state index in [4.69, 9.17) is 5.73 Å². The van der Waals surface area contributed by atoms with E-state index in [1.807, 2.05) is 20.8 Å². The Balaban J connectivity index is 1.94. The summed E-state index contributed by atoms with van der Waals surface area (Å²) in [6, 6.07) is -0.462. The molecule has 0 spiro atoms. The smallest absolute Gasteiger partial charge is 0.417 e. The summed E-state index contributed by atoms with van der Waals surface area (Å²) in [5.41, 5.74) is -1.45. The first-order valence-electron chi connectivity index (χ1n) is 13.6. The van der Waals surface area contributed by atoms with E-state index in [1.54, 1.807) is 11.9 Å². The van der Waals surface area contributed by atoms with Crippen molar-refractivity contribution < 1.29 is 48.0 Å². The van der Waals surface area contributed by atoms with Crippen LogP contribution >= 0.6 is 0 Å². The van der Waals surface area contributed by atoms with E-state index in [0.717, 1.165) is 6.07 Å². The highest BCUT2D eigenvalue weighted by Crippen LogP contribution is 2.54. The third kappa shape index (κ3) is 4.58. The zero-order chi connectivity index (χ0) is 31.8. The number of hydrogen-bond acceptors (Lipinski definition) is 9. The number of ketones is 2. The van der Waals surface area contributed by atoms with Gasteiger partial charge in [-0.1, -0.05) is 13.8 Å². The minimum absolute atomic E-state index is 0.105. The minimum Gasteiger partial charge on any atom is -0.510 e. The zero-order valence-electron chi connectivity index (χ0n) is 24.2. The van der Waals surface area contributed by atoms with Crippen LogP contribution in [0.5, 0.6) is 5.75 Å². The molecule has 3 aliphatic carbocycles. The number of aliphatic hydroxyl groups is 3. The standard InChI is InChI=1S/C29H36F3N3O7/c1-11(2)12(3)35(6)10-14-9-17(36)19-15(21(14)29(30,31)32)7-13-8-16-22(34(4)5)24(38)20(27(33)41)26(40)28(16,42)25(39)18(13)23(19)37/h9,11-13,16,22,36,38-39,42H,7-8,10H2,1-6H3,(H2,33,41)/t12-,13-,16-,22-,28-/m0/s1. The second-order valence-corrected chi connectivity index (χ2v) is 12.1. The minimum atomic E-state index is -4.90. The number of carbonyl (C=O) groups is 3. The molecule has 3 aliphatic rings. The molecule has 1 aromatic rings. The fraction of sp³-hybridized carbons (Fsp3) is 0.552. The van der Waals surface area contributed by atoms with Gasteiger partial charge in [0.1, 0.15) is 22.8 Å². The number of amides is 1. The maximum absolute atomic E-state index is 14.7. The van der Waals surface area contributed by atoms with Crippen molar-refractivity contribution in [3.05, 3.63) is 51.0 Å². The Morgan fingerprint density at radius 2 is 1.74 bits per heavy atom. The first-order valence-corrected chi connectivity index (χ1v) is 13.6. The summed E-state index contributed by atoms with van der Waals surface area (Å²) >= 11 is 0. The molecule has 230 valence electrons. The Labute approximate surface area is 240 Å². The van der Waals surface area contributed by atoms with Crippen LogP contribution in [0.4, 0.5) is 13.2 Å². The van der Waals surface area contributed by atoms with Gasteiger partial charge in [-0.2, -0.15) is 13.2 Å². The van der Waals surface area contributed by atoms with E-state index in [0.29, 0.717) is 0 Å². The number of allylic oxidation sites excluding steroid dienone is 1. The van der Waals surface area contributed by atoms with Gasteiger partial charge in [-0.3, -0.25) is 24.2 Å². The highest BCUT2D eigenvalue weighted by atomic mass is 19.4. The number of fused-ring (bicyclic) bond motifs is 3. The van der Waals surface area contributed by atoms with Crippen LogP contribution < -0.4 is 5.73 Å². The van der Waals surface area contributed by atoms with Gasteiger partial charge in [0.25, 0.3) is 5.91 Å². The highest BCUT2D eigenvalue weighted by Gasteiger charge is 2.63. The molecule has 1 amide bonds. The summed E-state index contributed by atoms with van der Waals surface area (Å²) in [4.78, 5) is 42.3. The van der Waals surface area contributed by atoms with Crippen molar-refractivity contribution in [2.45, 2.75) is 64.0 Å². The van der Waals surface area contributed by atoms with Crippen molar-refractivity contribution in [1.29, 1.82) is 0 Å². The van der Waals surface area contributed by atoms with Crippen LogP contribution in [0.1, 0.15) is 54.2 Å². The Morgan fingerprint density at radius 3 is 2.24 bits per heavy atom. The van der Waals surface area contributed by atoms with Crippen molar-refractivity contribution in [3.63, 3.8) is 0 Å². The second-order valence-electron chi connectivity index (χ2n) is 12.1. The Morgan fingerprint density at radius 1 is 1.14 bits per heavy atom. The van der Waals surface area contributed by atoms with Crippen LogP contribution in [0.25, 0.3) is 0 Å². The van der Waals surface area contributed by atoms with Crippen LogP contribution in [-0.4, -0.2) is 86.5 Å². The van der Waals surface area contributed by atoms with E-state index < -0.39 is 98.7 Å². The third-order valence-corrected chi connectivity index (χ3v) is 9.17. The van der Waals surface area contributed by atoms with E-state index >= 15 is 0 Å². The number of hydrogen-bond donors (Lipinski definition) is 5. The molecule has 0 fully saturated rings. The average molecular weight is 596 g/mol. The van der Waals surface area contributed by atoms with Gasteiger partial charge in [0, 0.05) is 24.1 Å². The number of rotatable bonds is 6. The van der Waals surface area contributed by atoms with Gasteiger partial charge in [0.05, 0.1) is 17.2 Å². The van der Waals surface area contributed by atoms with Gasteiger partial charge < -0.3 is 26.2 Å². The van der Waals surface area contributed by atoms with Crippen molar-refractivity contribution in [2.75, 3.05) is 21.1 Å². The number of phenolic OH excluding ortho intramolecular Hbond substituents is 1. The number of halogens is 3. The molecule has 5 atom stereocenters. The summed E-state index contributed by atoms with van der Waals surface area (Å²) in [6.07, 6.45) is -5.66. The number of likely N-dealkylation sites (N-methyl/N-ethyl adjacent to an activating group) is 1. The van der Waals surface area contributed by atoms with Gasteiger partial charge in [-0.05, 0) is 69.9 Å². The predicted octanol–water partition coefficient (Wildman–Crippen LogP) is 2.62. The molecule has 10 nitrogen and oxygen atoms in total. The van der Waals surface area contributed by atoms with Crippen molar-refractivity contribution in [2.24, 2.45) is 23.5 Å². The van der Waals surface area contributed by atoms with Gasteiger partial charge >= 0.3 is 6.18 Å². The number of aromatic hydroxyl groups is 1. The molecule has 0 saturated heterocycles. The molecule has 0 aromatic heterocycles. The largest absolute Gasteiger partial charge is 0.510 e. The van der Waals surface area contributed by atoms with Crippen LogP contribution in [0, 0.1) is 17.8 Å². The number of carbonyl (C=O) groups excluding carboxylic acids is 3. The lowest BCUT2D eigenvalue weighted by Gasteiger charge is -2.50. The van der Waals surface area contributed by atoms with Crippen molar-refractivity contribution in [1.82, 2.24) is 9.80 Å². The highest BCUT2D eigenvalue weighted by molar-refractivity contribution is 6.24. The molecule has 0 saturated carbocycles. The maximum atomic E-state index is 14.7. The normalized spacial score (nSPS) is 27.0. The number of nitrogens with zero attached hydrogens (tertiary/aromatic N) is 2. The first-order chi connectivity index (χ1) is 19.3. The van der Waals surface area contributed by atoms with Gasteiger partial charge in [-0.25, -0.2) is 0 Å². The van der Waals surface area contributed by atoms with Gasteiger partial charge in [0.15, 0.2) is 11.4 Å².